The van der Waals surface area contributed by atoms with Crippen LogP contribution >= 0.6 is 0 Å². The van der Waals surface area contributed by atoms with Gasteiger partial charge in [0.05, 0.1) is 42.1 Å². The fourth-order valence-corrected chi connectivity index (χ4v) is 13.3. The number of phenols is 3. The summed E-state index contributed by atoms with van der Waals surface area (Å²) in [7, 11) is -16.6. The summed E-state index contributed by atoms with van der Waals surface area (Å²) in [6, 6.07) is 83.6. The predicted octanol–water partition coefficient (Wildman–Crippen LogP) is 23.7. The molecule has 129 heavy (non-hydrogen) atoms. The Hall–Kier alpha value is -12.6. The van der Waals surface area contributed by atoms with Gasteiger partial charge < -0.3 is 53.8 Å². The van der Waals surface area contributed by atoms with Gasteiger partial charge in [-0.2, -0.15) is 64.8 Å². The van der Waals surface area contributed by atoms with Crippen molar-refractivity contribution < 1.29 is 160 Å². The molecule has 692 valence electrons. The van der Waals surface area contributed by atoms with Crippen LogP contribution in [0.25, 0.3) is 70.2 Å². The first-order valence-electron chi connectivity index (χ1n) is 36.9. The third-order valence-electron chi connectivity index (χ3n) is 18.0. The molecule has 6 N–H and O–H groups in total. The van der Waals surface area contributed by atoms with Crippen molar-refractivity contribution in [1.29, 1.82) is 0 Å². The van der Waals surface area contributed by atoms with E-state index in [0.29, 0.717) is 29.7 Å². The summed E-state index contributed by atoms with van der Waals surface area (Å²) in [6.45, 7) is 12.0. The standard InChI is InChI=1S/C20H20O2.C19H16O3.C15H13F3O3S.C13H14O2.C12H10O3.C11H8O3.C2F6O5S2.3CH4.Pd.H2/c1-20(2,21)18-10-8-17-13-19(11-9-16(17)12-18)22-14-15-6-4-3-5-7-15;1-21-19(20)17-8-7-16-12-18(10-9-15(16)11-17)22-13-14-5-3-2-4-6-14;1-3-10(2)11-4-5-13-9-14(7-6-12(13)8-11)21-22(19,20)15(16,17)18;1-13(2,15)11-5-3-10-8-12(14)6-4-9(10)7-11;1-15-12(14)10-3-2-9-7-11(13)5-4-8(9)6-10;12-10-4-3-7-5-9(11(13)14)2-1-8(7)6-10;3-1(4,5)14(9,10)13-15(11,12)2(6,7)8;;;;;/h3-13,21H,14H2,1-2H3;2-12H,13H2,1H3;3-9H,1-2H3;3-8,14-15H,1-2H3;2-7,13H,1H3;1-6,12H,(H,13,14);;3*1H4;;1H/p+1/b;;10-3-;;;;;;;;;. The van der Waals surface area contributed by atoms with E-state index in [4.69, 9.17) is 19.3 Å². The second kappa shape index (κ2) is 46.4. The second-order valence-corrected chi connectivity index (χ2v) is 33.0. The number of aliphatic hydroxyl groups is 2. The summed E-state index contributed by atoms with van der Waals surface area (Å²) < 4.78 is 194. The molecule has 0 atom stereocenters. The fourth-order valence-electron chi connectivity index (χ4n) is 11.2. The Labute approximate surface area is 756 Å². The zero-order valence-electron chi connectivity index (χ0n) is 68.8. The summed E-state index contributed by atoms with van der Waals surface area (Å²) in [6.07, 6.45) is 1.94. The molecule has 0 spiro atoms. The van der Waals surface area contributed by atoms with Crippen molar-refractivity contribution in [2.45, 2.75) is 105 Å². The van der Waals surface area contributed by atoms with Crippen LogP contribution in [0.1, 0.15) is 126 Å². The smallest absolute Gasteiger partial charge is 0.508 e. The fraction of sp³-hybridized carbons (Fsp3) is 0.189. The first-order valence-corrected chi connectivity index (χ1v) is 41.2. The molecule has 0 saturated carbocycles. The first kappa shape index (κ1) is 109. The number of carboxylic acids is 1. The van der Waals surface area contributed by atoms with Crippen molar-refractivity contribution in [3.05, 3.63) is 330 Å². The number of phenolic OH excluding ortho intramolecular Hbond substituents is 3. The molecule has 34 heteroatoms. The SMILES string of the molecule is C.C.C.C/C=C(/C)c1ccc2cc(OS(=O)(=O)C(F)(F)F)ccc2c1.CC(C)(O)c1ccc2cc(O)ccc2c1.CC(C)(O)c1ccc2cc(OCc3ccccc3)ccc2c1.COC(=O)c1ccc2cc(O)ccc2c1.COC(=O)c1ccc2cc(OCc3ccccc3)ccc2c1.O=C(O)c1ccc2cc(O)ccc2c1.O=S(=O)(OS(=O)(=O)C(F)(F)F)C(F)(F)F.[H+].[HH].[Pd]. The van der Waals surface area contributed by atoms with E-state index < -0.39 is 64.1 Å². The van der Waals surface area contributed by atoms with Gasteiger partial charge in [-0.25, -0.2) is 14.4 Å². The average Bonchev–Trinajstić information content (AvgIpc) is 0.790. The van der Waals surface area contributed by atoms with Crippen molar-refractivity contribution in [3.63, 3.8) is 0 Å². The predicted molar refractivity (Wildman–Crippen MR) is 480 cm³/mol. The van der Waals surface area contributed by atoms with Gasteiger partial charge >= 0.3 is 66.2 Å². The molecule has 14 rings (SSSR count). The van der Waals surface area contributed by atoms with E-state index in [9.17, 15) is 105 Å². The number of allylic oxidation sites excluding steroid dienone is 2. The van der Waals surface area contributed by atoms with Crippen LogP contribution in [0.3, 0.4) is 0 Å². The molecular formula is C95H96F9O21PdS3+. The summed E-state index contributed by atoms with van der Waals surface area (Å²) in [5.41, 5.74) is -12.2. The third-order valence-corrected chi connectivity index (χ3v) is 21.6. The largest absolute Gasteiger partial charge is 1.00 e. The molecule has 21 nitrogen and oxygen atoms in total. The van der Waals surface area contributed by atoms with Gasteiger partial charge in [-0.05, 0) is 267 Å². The molecule has 0 aliphatic carbocycles. The number of halogens is 9. The number of fused-ring (bicyclic) bond motifs is 6. The quantitative estimate of drug-likeness (QED) is 0.0172. The van der Waals surface area contributed by atoms with Crippen molar-refractivity contribution in [2.24, 2.45) is 0 Å². The molecule has 14 aromatic carbocycles. The maximum Gasteiger partial charge on any atom is 1.00 e. The normalized spacial score (nSPS) is 11.5. The maximum atomic E-state index is 12.3. The van der Waals surface area contributed by atoms with Crippen LogP contribution in [0.2, 0.25) is 0 Å². The molecular weight excluding hydrogens is 1850 g/mol. The van der Waals surface area contributed by atoms with Crippen LogP contribution in [0.4, 0.5) is 39.5 Å². The van der Waals surface area contributed by atoms with Gasteiger partial charge in [-0.1, -0.05) is 180 Å². The Morgan fingerprint density at radius 3 is 0.946 bits per heavy atom. The summed E-state index contributed by atoms with van der Waals surface area (Å²) >= 11 is 0. The number of rotatable bonds is 16. The minimum absolute atomic E-state index is 0. The number of carboxylic acid groups (broad SMARTS) is 1. The molecule has 0 radical (unpaired) electrons. The van der Waals surface area contributed by atoms with Crippen LogP contribution in [0.5, 0.6) is 34.5 Å². The Morgan fingerprint density at radius 1 is 0.364 bits per heavy atom. The molecule has 14 aromatic rings. The maximum absolute atomic E-state index is 12.3. The van der Waals surface area contributed by atoms with Crippen LogP contribution in [-0.2, 0) is 88.3 Å². The van der Waals surface area contributed by atoms with Crippen LogP contribution in [-0.4, -0.2) is 105 Å². The molecule has 0 aromatic heterocycles. The number of carbonyl (C=O) groups excluding carboxylic acids is 2. The number of alkyl halides is 9. The van der Waals surface area contributed by atoms with Crippen LogP contribution < -0.4 is 13.7 Å². The molecule has 0 aliphatic rings. The van der Waals surface area contributed by atoms with E-state index in [2.05, 4.69) is 21.1 Å². The molecule has 0 aliphatic heterocycles. The van der Waals surface area contributed by atoms with E-state index >= 15 is 0 Å². The summed E-state index contributed by atoms with van der Waals surface area (Å²) in [5.74, 6) is 0.318. The van der Waals surface area contributed by atoms with Crippen LogP contribution in [0.15, 0.2) is 285 Å². The number of aromatic hydroxyl groups is 3. The number of hydrogen-bond donors (Lipinski definition) is 6. The van der Waals surface area contributed by atoms with E-state index in [1.165, 1.54) is 44.6 Å². The number of aromatic carboxylic acids is 1. The number of ether oxygens (including phenoxy) is 4. The van der Waals surface area contributed by atoms with Gasteiger partial charge in [0.2, 0.25) is 0 Å². The molecule has 0 bridgehead atoms. The van der Waals surface area contributed by atoms with Gasteiger partial charge in [0.25, 0.3) is 0 Å². The molecule has 0 heterocycles. The van der Waals surface area contributed by atoms with Gasteiger partial charge in [-0.15, -0.1) is 3.63 Å². The van der Waals surface area contributed by atoms with E-state index in [0.717, 1.165) is 104 Å². The van der Waals surface area contributed by atoms with E-state index in [1.54, 1.807) is 119 Å². The first-order chi connectivity index (χ1) is 58.5. The minimum atomic E-state index is -6.85. The van der Waals surface area contributed by atoms with Crippen LogP contribution in [0, 0.1) is 0 Å². The number of benzene rings is 14. The van der Waals surface area contributed by atoms with E-state index in [-0.39, 0.29) is 86.1 Å². The van der Waals surface area contributed by atoms with E-state index in [1.807, 2.05) is 169 Å². The number of hydrogen-bond acceptors (Lipinski definition) is 20. The Morgan fingerprint density at radius 2 is 0.628 bits per heavy atom. The Bertz CT molecular complexity index is 6560. The minimum Gasteiger partial charge on any atom is -0.508 e. The van der Waals surface area contributed by atoms with Gasteiger partial charge in [-0.3, -0.25) is 0 Å². The molecule has 0 unspecified atom stereocenters. The molecule has 0 fully saturated rings. The molecule has 0 saturated heterocycles. The summed E-state index contributed by atoms with van der Waals surface area (Å²) in [5, 5.41) is 67.5. The zero-order valence-corrected chi connectivity index (χ0v) is 71.8. The van der Waals surface area contributed by atoms with Gasteiger partial charge in [0.15, 0.2) is 0 Å². The monoisotopic (exact) mass is 1950 g/mol. The Balaban J connectivity index is 0.000000517. The number of carbonyl (C=O) groups is 3. The second-order valence-electron chi connectivity index (χ2n) is 28.2. The third kappa shape index (κ3) is 31.4. The van der Waals surface area contributed by atoms with Crippen molar-refractivity contribution in [2.75, 3.05) is 14.2 Å². The number of methoxy groups -OCH3 is 2. The Kier molecular flexibility index (Phi) is 39.1. The molecule has 0 amide bonds. The van der Waals surface area contributed by atoms with Gasteiger partial charge in [0.1, 0.15) is 47.7 Å². The van der Waals surface area contributed by atoms with Crippen molar-refractivity contribution in [1.82, 2.24) is 0 Å². The van der Waals surface area contributed by atoms with Crippen molar-refractivity contribution >= 4 is 118 Å². The topological polar surface area (TPSA) is 330 Å². The summed E-state index contributed by atoms with van der Waals surface area (Å²) in [4.78, 5) is 33.5. The van der Waals surface area contributed by atoms with Gasteiger partial charge in [0, 0.05) is 21.8 Å². The zero-order chi connectivity index (χ0) is 92.2. The average molecular weight is 1950 g/mol. The van der Waals surface area contributed by atoms with Crippen molar-refractivity contribution in [3.8, 4) is 34.5 Å². The number of esters is 2.